The maximum atomic E-state index is 6.02. The monoisotopic (exact) mass is 284 g/mol. The first kappa shape index (κ1) is 15.5. The van der Waals surface area contributed by atoms with Crippen LogP contribution in [-0.2, 0) is 13.0 Å². The molecule has 0 saturated carbocycles. The van der Waals surface area contributed by atoms with Crippen LogP contribution in [0.15, 0.2) is 36.5 Å². The molecule has 21 heavy (non-hydrogen) atoms. The fourth-order valence-electron chi connectivity index (χ4n) is 2.21. The van der Waals surface area contributed by atoms with E-state index < -0.39 is 0 Å². The second kappa shape index (κ2) is 7.79. The van der Waals surface area contributed by atoms with E-state index in [9.17, 15) is 0 Å². The third kappa shape index (κ3) is 4.57. The van der Waals surface area contributed by atoms with Gasteiger partial charge in [-0.05, 0) is 44.5 Å². The fourth-order valence-corrected chi connectivity index (χ4v) is 2.21. The van der Waals surface area contributed by atoms with Crippen LogP contribution in [-0.4, -0.2) is 12.0 Å². The minimum Gasteiger partial charge on any atom is -0.457 e. The predicted molar refractivity (Wildman–Crippen MR) is 86.9 cm³/mol. The van der Waals surface area contributed by atoms with Gasteiger partial charge in [0, 0.05) is 30.1 Å². The highest BCUT2D eigenvalue weighted by molar-refractivity contribution is 5.38. The zero-order valence-electron chi connectivity index (χ0n) is 13.1. The van der Waals surface area contributed by atoms with Gasteiger partial charge in [-0.2, -0.15) is 0 Å². The molecule has 0 spiro atoms. The second-order valence-electron chi connectivity index (χ2n) is 5.31. The van der Waals surface area contributed by atoms with Crippen LogP contribution in [0.3, 0.4) is 0 Å². The molecule has 0 bridgehead atoms. The Morgan fingerprint density at radius 3 is 2.62 bits per heavy atom. The molecule has 1 aromatic heterocycles. The van der Waals surface area contributed by atoms with Crippen molar-refractivity contribution in [1.82, 2.24) is 10.3 Å². The number of nitrogens with zero attached hydrogens (tertiary/aromatic N) is 1. The van der Waals surface area contributed by atoms with E-state index in [4.69, 9.17) is 4.74 Å². The van der Waals surface area contributed by atoms with Gasteiger partial charge >= 0.3 is 0 Å². The van der Waals surface area contributed by atoms with Gasteiger partial charge in [0.1, 0.15) is 11.5 Å². The molecule has 3 nitrogen and oxygen atoms in total. The van der Waals surface area contributed by atoms with Gasteiger partial charge in [-0.15, -0.1) is 0 Å². The number of nitrogens with one attached hydrogen (secondary N) is 1. The normalized spacial score (nSPS) is 10.6. The summed E-state index contributed by atoms with van der Waals surface area (Å²) in [5, 5.41) is 3.14. The lowest BCUT2D eigenvalue weighted by Gasteiger charge is -2.12. The molecule has 0 aliphatic carbocycles. The number of rotatable bonds is 7. The Balaban J connectivity index is 2.12. The van der Waals surface area contributed by atoms with Crippen LogP contribution < -0.4 is 10.1 Å². The first-order valence-corrected chi connectivity index (χ1v) is 7.60. The molecule has 3 heteroatoms. The molecule has 2 rings (SSSR count). The van der Waals surface area contributed by atoms with E-state index in [-0.39, 0.29) is 0 Å². The summed E-state index contributed by atoms with van der Waals surface area (Å²) < 4.78 is 6.02. The van der Waals surface area contributed by atoms with Crippen LogP contribution in [0.2, 0.25) is 0 Å². The van der Waals surface area contributed by atoms with Gasteiger partial charge in [-0.1, -0.05) is 25.5 Å². The van der Waals surface area contributed by atoms with Gasteiger partial charge < -0.3 is 10.1 Å². The van der Waals surface area contributed by atoms with Crippen molar-refractivity contribution in [3.8, 4) is 11.5 Å². The molecule has 0 atom stereocenters. The quantitative estimate of drug-likeness (QED) is 0.825. The lowest BCUT2D eigenvalue weighted by Crippen LogP contribution is -2.07. The van der Waals surface area contributed by atoms with E-state index in [0.29, 0.717) is 0 Å². The average Bonchev–Trinajstić information content (AvgIpc) is 2.49. The summed E-state index contributed by atoms with van der Waals surface area (Å²) in [6.45, 7) is 4.94. The first-order valence-electron chi connectivity index (χ1n) is 7.60. The maximum absolute atomic E-state index is 6.02. The Hall–Kier alpha value is -1.87. The van der Waals surface area contributed by atoms with Crippen molar-refractivity contribution >= 4 is 0 Å². The van der Waals surface area contributed by atoms with Crippen LogP contribution in [0.1, 0.15) is 36.6 Å². The smallest absolute Gasteiger partial charge is 0.135 e. The van der Waals surface area contributed by atoms with Gasteiger partial charge in [0.2, 0.25) is 0 Å². The second-order valence-corrected chi connectivity index (χ2v) is 5.31. The fraction of sp³-hybridized carbons (Fsp3) is 0.389. The number of pyridine rings is 1. The van der Waals surface area contributed by atoms with Crippen molar-refractivity contribution in [1.29, 1.82) is 0 Å². The lowest BCUT2D eigenvalue weighted by atomic mass is 10.1. The number of benzene rings is 1. The first-order chi connectivity index (χ1) is 10.2. The summed E-state index contributed by atoms with van der Waals surface area (Å²) in [6, 6.07) is 10.4. The van der Waals surface area contributed by atoms with E-state index in [2.05, 4.69) is 29.4 Å². The number of hydrogen-bond donors (Lipinski definition) is 1. The van der Waals surface area contributed by atoms with E-state index >= 15 is 0 Å². The molecule has 0 aliphatic heterocycles. The molecule has 0 amide bonds. The van der Waals surface area contributed by atoms with E-state index in [1.807, 2.05) is 38.4 Å². The SMILES string of the molecule is CCCCc1ccc(Oc2cc(C)ncc2CNC)cc1. The van der Waals surface area contributed by atoms with Crippen molar-refractivity contribution in [2.75, 3.05) is 7.05 Å². The molecule has 0 radical (unpaired) electrons. The van der Waals surface area contributed by atoms with Crippen LogP contribution in [0.5, 0.6) is 11.5 Å². The summed E-state index contributed by atoms with van der Waals surface area (Å²) in [4.78, 5) is 4.33. The van der Waals surface area contributed by atoms with Gasteiger partial charge in [-0.3, -0.25) is 4.98 Å². The highest BCUT2D eigenvalue weighted by Gasteiger charge is 2.06. The van der Waals surface area contributed by atoms with Crippen molar-refractivity contribution in [3.05, 3.63) is 53.3 Å². The highest BCUT2D eigenvalue weighted by Crippen LogP contribution is 2.26. The zero-order valence-corrected chi connectivity index (χ0v) is 13.1. The maximum Gasteiger partial charge on any atom is 0.135 e. The molecule has 0 unspecified atom stereocenters. The topological polar surface area (TPSA) is 34.1 Å². The largest absolute Gasteiger partial charge is 0.457 e. The van der Waals surface area contributed by atoms with Crippen molar-refractivity contribution in [2.45, 2.75) is 39.7 Å². The number of unbranched alkanes of at least 4 members (excludes halogenated alkanes) is 1. The van der Waals surface area contributed by atoms with Gasteiger partial charge in [0.05, 0.1) is 0 Å². The lowest BCUT2D eigenvalue weighted by molar-refractivity contribution is 0.472. The summed E-state index contributed by atoms with van der Waals surface area (Å²) in [5.74, 6) is 1.75. The molecule has 2 aromatic rings. The molecule has 1 aromatic carbocycles. The summed E-state index contributed by atoms with van der Waals surface area (Å²) in [5.41, 5.74) is 3.40. The van der Waals surface area contributed by atoms with Gasteiger partial charge in [0.15, 0.2) is 0 Å². The molecule has 112 valence electrons. The number of ether oxygens (including phenoxy) is 1. The van der Waals surface area contributed by atoms with Gasteiger partial charge in [-0.25, -0.2) is 0 Å². The predicted octanol–water partition coefficient (Wildman–Crippen LogP) is 4.24. The van der Waals surface area contributed by atoms with Crippen LogP contribution in [0.4, 0.5) is 0 Å². The van der Waals surface area contributed by atoms with Crippen molar-refractivity contribution < 1.29 is 4.74 Å². The van der Waals surface area contributed by atoms with Crippen molar-refractivity contribution in [3.63, 3.8) is 0 Å². The summed E-state index contributed by atoms with van der Waals surface area (Å²) >= 11 is 0. The molecule has 1 N–H and O–H groups in total. The van der Waals surface area contributed by atoms with E-state index in [1.54, 1.807) is 0 Å². The Labute approximate surface area is 127 Å². The minimum atomic E-state index is 0.747. The Kier molecular flexibility index (Phi) is 5.76. The van der Waals surface area contributed by atoms with Gasteiger partial charge in [0.25, 0.3) is 0 Å². The van der Waals surface area contributed by atoms with E-state index in [1.165, 1.54) is 18.4 Å². The standard InChI is InChI=1S/C18H24N2O/c1-4-5-6-15-7-9-17(10-8-15)21-18-11-14(2)20-13-16(18)12-19-3/h7-11,13,19H,4-6,12H2,1-3H3. The molecule has 0 aliphatic rings. The summed E-state index contributed by atoms with van der Waals surface area (Å²) in [7, 11) is 1.92. The number of aromatic nitrogens is 1. The molecular weight excluding hydrogens is 260 g/mol. The molecule has 0 fully saturated rings. The number of aryl methyl sites for hydroxylation is 2. The molecule has 0 saturated heterocycles. The summed E-state index contributed by atoms with van der Waals surface area (Å²) in [6.07, 6.45) is 5.46. The minimum absolute atomic E-state index is 0.747. The van der Waals surface area contributed by atoms with E-state index in [0.717, 1.165) is 35.7 Å². The Morgan fingerprint density at radius 1 is 1.19 bits per heavy atom. The third-order valence-electron chi connectivity index (χ3n) is 3.42. The third-order valence-corrected chi connectivity index (χ3v) is 3.42. The zero-order chi connectivity index (χ0) is 15.1. The van der Waals surface area contributed by atoms with Crippen LogP contribution in [0.25, 0.3) is 0 Å². The van der Waals surface area contributed by atoms with Crippen LogP contribution >= 0.6 is 0 Å². The average molecular weight is 284 g/mol. The number of hydrogen-bond acceptors (Lipinski definition) is 3. The molecule has 1 heterocycles. The Morgan fingerprint density at radius 2 is 1.95 bits per heavy atom. The van der Waals surface area contributed by atoms with Crippen molar-refractivity contribution in [2.24, 2.45) is 0 Å². The highest BCUT2D eigenvalue weighted by atomic mass is 16.5. The van der Waals surface area contributed by atoms with Crippen LogP contribution in [0, 0.1) is 6.92 Å². The molecular formula is C18H24N2O. The Bertz CT molecular complexity index is 564.